The SMILES string of the molecule is CC1N=C(S(C)(=O)=O)SC1C. The molecule has 11 heavy (non-hydrogen) atoms. The molecule has 0 spiro atoms. The highest BCUT2D eigenvalue weighted by molar-refractivity contribution is 8.35. The Morgan fingerprint density at radius 3 is 2.18 bits per heavy atom. The van der Waals surface area contributed by atoms with Crippen LogP contribution in [0.25, 0.3) is 0 Å². The predicted molar refractivity (Wildman–Crippen MR) is 48.8 cm³/mol. The van der Waals surface area contributed by atoms with E-state index in [1.165, 1.54) is 18.0 Å². The summed E-state index contributed by atoms with van der Waals surface area (Å²) in [5.41, 5.74) is 0. The van der Waals surface area contributed by atoms with E-state index in [0.29, 0.717) is 5.25 Å². The van der Waals surface area contributed by atoms with Gasteiger partial charge in [0.05, 0.1) is 6.04 Å². The van der Waals surface area contributed by atoms with E-state index in [0.717, 1.165) is 0 Å². The summed E-state index contributed by atoms with van der Waals surface area (Å²) in [4.78, 5) is 4.03. The highest BCUT2D eigenvalue weighted by Gasteiger charge is 2.28. The van der Waals surface area contributed by atoms with Crippen molar-refractivity contribution in [2.45, 2.75) is 25.1 Å². The van der Waals surface area contributed by atoms with E-state index in [2.05, 4.69) is 4.99 Å². The Balaban J connectivity index is 2.89. The molecule has 2 atom stereocenters. The lowest BCUT2D eigenvalue weighted by molar-refractivity contribution is 0.612. The minimum atomic E-state index is -3.06. The molecule has 0 radical (unpaired) electrons. The van der Waals surface area contributed by atoms with E-state index in [4.69, 9.17) is 0 Å². The fourth-order valence-electron chi connectivity index (χ4n) is 0.742. The summed E-state index contributed by atoms with van der Waals surface area (Å²) >= 11 is 1.34. The first-order valence-corrected chi connectivity index (χ1v) is 6.13. The first kappa shape index (κ1) is 9.06. The Labute approximate surface area is 71.2 Å². The number of thioether (sulfide) groups is 1. The summed E-state index contributed by atoms with van der Waals surface area (Å²) in [7, 11) is -3.06. The Morgan fingerprint density at radius 1 is 1.45 bits per heavy atom. The topological polar surface area (TPSA) is 46.5 Å². The molecule has 1 rings (SSSR count). The van der Waals surface area contributed by atoms with Gasteiger partial charge in [0, 0.05) is 11.5 Å². The van der Waals surface area contributed by atoms with Gasteiger partial charge in [-0.1, -0.05) is 18.7 Å². The molecule has 64 valence electrons. The lowest BCUT2D eigenvalue weighted by Crippen LogP contribution is -2.07. The van der Waals surface area contributed by atoms with Crippen LogP contribution < -0.4 is 0 Å². The molecule has 5 heteroatoms. The maximum absolute atomic E-state index is 11.0. The molecule has 0 aromatic carbocycles. The maximum atomic E-state index is 11.0. The van der Waals surface area contributed by atoms with Crippen LogP contribution in [-0.2, 0) is 9.84 Å². The smallest absolute Gasteiger partial charge is 0.198 e. The molecule has 0 saturated carbocycles. The van der Waals surface area contributed by atoms with Crippen LogP contribution >= 0.6 is 11.8 Å². The monoisotopic (exact) mass is 193 g/mol. The highest BCUT2D eigenvalue weighted by Crippen LogP contribution is 2.28. The normalized spacial score (nSPS) is 32.1. The third kappa shape index (κ3) is 1.96. The van der Waals surface area contributed by atoms with E-state index in [9.17, 15) is 8.42 Å². The van der Waals surface area contributed by atoms with E-state index in [1.807, 2.05) is 13.8 Å². The highest BCUT2D eigenvalue weighted by atomic mass is 32.3. The minimum Gasteiger partial charge on any atom is -0.263 e. The van der Waals surface area contributed by atoms with Crippen LogP contribution in [0.4, 0.5) is 0 Å². The van der Waals surface area contributed by atoms with Gasteiger partial charge >= 0.3 is 0 Å². The second-order valence-electron chi connectivity index (χ2n) is 2.73. The predicted octanol–water partition coefficient (Wildman–Crippen LogP) is 0.911. The fraction of sp³-hybridized carbons (Fsp3) is 0.833. The van der Waals surface area contributed by atoms with Gasteiger partial charge in [-0.05, 0) is 6.92 Å². The summed E-state index contributed by atoms with van der Waals surface area (Å²) in [5.74, 6) is 0. The van der Waals surface area contributed by atoms with Crippen molar-refractivity contribution in [1.29, 1.82) is 0 Å². The maximum Gasteiger partial charge on any atom is 0.198 e. The number of rotatable bonds is 0. The Kier molecular flexibility index (Phi) is 2.29. The summed E-state index contributed by atoms with van der Waals surface area (Å²) in [6, 6.07) is 0.129. The van der Waals surface area contributed by atoms with Gasteiger partial charge in [0.15, 0.2) is 14.2 Å². The number of nitrogens with zero attached hydrogens (tertiary/aromatic N) is 1. The number of hydrogen-bond acceptors (Lipinski definition) is 4. The van der Waals surface area contributed by atoms with Crippen molar-refractivity contribution in [2.24, 2.45) is 4.99 Å². The van der Waals surface area contributed by atoms with Gasteiger partial charge in [-0.25, -0.2) is 8.42 Å². The van der Waals surface area contributed by atoms with Crippen LogP contribution in [0.3, 0.4) is 0 Å². The van der Waals surface area contributed by atoms with Crippen molar-refractivity contribution >= 4 is 26.0 Å². The zero-order valence-corrected chi connectivity index (χ0v) is 8.37. The zero-order valence-electron chi connectivity index (χ0n) is 6.73. The van der Waals surface area contributed by atoms with Crippen LogP contribution in [0.2, 0.25) is 0 Å². The lowest BCUT2D eigenvalue weighted by Gasteiger charge is -2.02. The first-order chi connectivity index (χ1) is 4.91. The van der Waals surface area contributed by atoms with Gasteiger partial charge in [0.2, 0.25) is 0 Å². The molecule has 0 N–H and O–H groups in total. The van der Waals surface area contributed by atoms with Crippen LogP contribution in [0, 0.1) is 0 Å². The van der Waals surface area contributed by atoms with Crippen molar-refractivity contribution in [2.75, 3.05) is 6.26 Å². The molecule has 0 aliphatic carbocycles. The third-order valence-electron chi connectivity index (χ3n) is 1.59. The van der Waals surface area contributed by atoms with Crippen LogP contribution in [0.1, 0.15) is 13.8 Å². The summed E-state index contributed by atoms with van der Waals surface area (Å²) in [6.45, 7) is 3.91. The second-order valence-corrected chi connectivity index (χ2v) is 6.29. The van der Waals surface area contributed by atoms with Crippen LogP contribution in [0.5, 0.6) is 0 Å². The number of hydrogen-bond donors (Lipinski definition) is 0. The van der Waals surface area contributed by atoms with E-state index < -0.39 is 9.84 Å². The first-order valence-electron chi connectivity index (χ1n) is 3.36. The largest absolute Gasteiger partial charge is 0.263 e. The van der Waals surface area contributed by atoms with Crippen LogP contribution in [0.15, 0.2) is 4.99 Å². The van der Waals surface area contributed by atoms with Crippen molar-refractivity contribution in [3.05, 3.63) is 0 Å². The average molecular weight is 193 g/mol. The quantitative estimate of drug-likeness (QED) is 0.574. The van der Waals surface area contributed by atoms with E-state index in [-0.39, 0.29) is 10.4 Å². The Hall–Kier alpha value is -0.0300. The summed E-state index contributed by atoms with van der Waals surface area (Å²) < 4.78 is 22.2. The van der Waals surface area contributed by atoms with E-state index in [1.54, 1.807) is 0 Å². The van der Waals surface area contributed by atoms with Crippen molar-refractivity contribution in [3.8, 4) is 0 Å². The summed E-state index contributed by atoms with van der Waals surface area (Å²) in [5, 5.41) is 0.291. The summed E-state index contributed by atoms with van der Waals surface area (Å²) in [6.07, 6.45) is 1.20. The molecule has 0 saturated heterocycles. The fourth-order valence-corrected chi connectivity index (χ4v) is 3.06. The minimum absolute atomic E-state index is 0.129. The number of sulfone groups is 1. The van der Waals surface area contributed by atoms with Crippen molar-refractivity contribution in [3.63, 3.8) is 0 Å². The van der Waals surface area contributed by atoms with Gasteiger partial charge in [-0.15, -0.1) is 0 Å². The molecule has 0 aromatic rings. The van der Waals surface area contributed by atoms with Crippen molar-refractivity contribution in [1.82, 2.24) is 0 Å². The second kappa shape index (κ2) is 2.79. The zero-order chi connectivity index (χ0) is 8.65. The van der Waals surface area contributed by atoms with Crippen molar-refractivity contribution < 1.29 is 8.42 Å². The lowest BCUT2D eigenvalue weighted by atomic mass is 10.3. The molecular formula is C6H11NO2S2. The van der Waals surface area contributed by atoms with Crippen LogP contribution in [-0.4, -0.2) is 30.3 Å². The molecule has 3 nitrogen and oxygen atoms in total. The third-order valence-corrected chi connectivity index (χ3v) is 4.60. The molecule has 0 amide bonds. The van der Waals surface area contributed by atoms with Gasteiger partial charge in [-0.3, -0.25) is 4.99 Å². The molecule has 1 aliphatic heterocycles. The molecule has 0 bridgehead atoms. The Bertz CT molecular complexity index is 281. The molecule has 1 heterocycles. The van der Waals surface area contributed by atoms with Gasteiger partial charge in [0.1, 0.15) is 0 Å². The average Bonchev–Trinajstić information content (AvgIpc) is 2.11. The number of aliphatic imine (C=N–C) groups is 1. The van der Waals surface area contributed by atoms with Gasteiger partial charge in [0.25, 0.3) is 0 Å². The molecule has 0 fully saturated rings. The van der Waals surface area contributed by atoms with Gasteiger partial charge < -0.3 is 0 Å². The van der Waals surface area contributed by atoms with Gasteiger partial charge in [-0.2, -0.15) is 0 Å². The molecule has 1 aliphatic rings. The molecular weight excluding hydrogens is 182 g/mol. The standard InChI is InChI=1S/C6H11NO2S2/c1-4-5(2)10-6(7-4)11(3,8)9/h4-5H,1-3H3. The molecule has 0 aromatic heterocycles. The Morgan fingerprint density at radius 2 is 2.00 bits per heavy atom. The molecule has 2 unspecified atom stereocenters. The van der Waals surface area contributed by atoms with E-state index >= 15 is 0 Å².